The van der Waals surface area contributed by atoms with E-state index in [1.165, 1.54) is 53.2 Å². The number of sulfonamides is 1. The number of aryl methyl sites for hydroxylation is 2. The van der Waals surface area contributed by atoms with Crippen LogP contribution < -0.4 is 10.0 Å². The molecule has 3 heterocycles. The summed E-state index contributed by atoms with van der Waals surface area (Å²) in [4.78, 5) is 24.9. The minimum atomic E-state index is -3.90. The van der Waals surface area contributed by atoms with Crippen LogP contribution in [0.2, 0.25) is 0 Å². The number of benzene rings is 1. The van der Waals surface area contributed by atoms with Crippen LogP contribution in [0.3, 0.4) is 0 Å². The number of rotatable bonds is 5. The number of imidazole rings is 1. The topological polar surface area (TPSA) is 118 Å². The summed E-state index contributed by atoms with van der Waals surface area (Å²) in [6.45, 7) is 3.37. The third-order valence-corrected chi connectivity index (χ3v) is 5.76. The first-order valence-electron chi connectivity index (χ1n) is 9.11. The van der Waals surface area contributed by atoms with E-state index in [1.54, 1.807) is 19.9 Å². The predicted octanol–water partition coefficient (Wildman–Crippen LogP) is 2.93. The van der Waals surface area contributed by atoms with Gasteiger partial charge in [-0.3, -0.25) is 9.20 Å². The Kier molecular flexibility index (Phi) is 5.11. The zero-order valence-electron chi connectivity index (χ0n) is 16.5. The molecule has 4 rings (SSSR count). The fourth-order valence-electron chi connectivity index (χ4n) is 2.99. The molecule has 4 aromatic rings. The normalized spacial score (nSPS) is 11.5. The van der Waals surface area contributed by atoms with Gasteiger partial charge in [-0.25, -0.2) is 32.5 Å². The molecule has 3 aromatic heterocycles. The lowest BCUT2D eigenvalue weighted by Gasteiger charge is -2.09. The number of carbonyl (C=O) groups excluding carboxylic acids is 1. The van der Waals surface area contributed by atoms with Crippen LogP contribution in [0.25, 0.3) is 5.65 Å². The molecule has 0 aliphatic carbocycles. The number of nitrogens with zero attached hydrogens (tertiary/aromatic N) is 4. The van der Waals surface area contributed by atoms with Gasteiger partial charge < -0.3 is 5.32 Å². The largest absolute Gasteiger partial charge is 0.321 e. The molecule has 0 bridgehead atoms. The van der Waals surface area contributed by atoms with Gasteiger partial charge in [-0.1, -0.05) is 0 Å². The van der Waals surface area contributed by atoms with Crippen LogP contribution in [0.1, 0.15) is 21.9 Å². The lowest BCUT2D eigenvalue weighted by Crippen LogP contribution is -2.17. The van der Waals surface area contributed by atoms with E-state index in [-0.39, 0.29) is 16.5 Å². The lowest BCUT2D eigenvalue weighted by atomic mass is 10.3. The van der Waals surface area contributed by atoms with Crippen molar-refractivity contribution in [3.63, 3.8) is 0 Å². The number of nitrogens with one attached hydrogen (secondary N) is 2. The van der Waals surface area contributed by atoms with Gasteiger partial charge in [0.1, 0.15) is 17.2 Å². The molecule has 0 saturated carbocycles. The maximum atomic E-state index is 13.6. The highest BCUT2D eigenvalue weighted by Crippen LogP contribution is 2.19. The quantitative estimate of drug-likeness (QED) is 0.493. The molecule has 0 radical (unpaired) electrons. The second-order valence-corrected chi connectivity index (χ2v) is 8.41. The van der Waals surface area contributed by atoms with Crippen molar-refractivity contribution in [2.45, 2.75) is 18.7 Å². The molecule has 0 aliphatic rings. The van der Waals surface area contributed by atoms with Crippen molar-refractivity contribution in [1.29, 1.82) is 0 Å². The van der Waals surface area contributed by atoms with Crippen molar-refractivity contribution in [3.05, 3.63) is 77.8 Å². The van der Waals surface area contributed by atoms with Gasteiger partial charge in [-0.15, -0.1) is 0 Å². The van der Waals surface area contributed by atoms with Gasteiger partial charge in [-0.2, -0.15) is 0 Å². The number of fused-ring (bicyclic) bond motifs is 1. The van der Waals surface area contributed by atoms with Gasteiger partial charge in [0.05, 0.1) is 10.6 Å². The van der Waals surface area contributed by atoms with E-state index in [4.69, 9.17) is 0 Å². The van der Waals surface area contributed by atoms with Crippen molar-refractivity contribution in [2.75, 3.05) is 10.0 Å². The Morgan fingerprint density at radius 2 is 1.77 bits per heavy atom. The van der Waals surface area contributed by atoms with Crippen molar-refractivity contribution in [3.8, 4) is 0 Å². The maximum Gasteiger partial charge on any atom is 0.274 e. The van der Waals surface area contributed by atoms with Gasteiger partial charge >= 0.3 is 0 Å². The van der Waals surface area contributed by atoms with Crippen LogP contribution in [0, 0.1) is 19.7 Å². The number of amides is 1. The van der Waals surface area contributed by atoms with E-state index in [0.29, 0.717) is 22.7 Å². The molecule has 11 heteroatoms. The fraction of sp³-hybridized carbons (Fsp3) is 0.100. The molecule has 1 aromatic carbocycles. The van der Waals surface area contributed by atoms with E-state index in [9.17, 15) is 17.6 Å². The monoisotopic (exact) mass is 440 g/mol. The van der Waals surface area contributed by atoms with E-state index in [0.717, 1.165) is 0 Å². The SMILES string of the molecule is Cc1ccnc(NS(=O)(=O)c2ccc(NC(=O)c3c(C)nc4ccc(F)cn34)cc2)n1. The van der Waals surface area contributed by atoms with Crippen LogP contribution in [0.4, 0.5) is 16.0 Å². The standard InChI is InChI=1S/C20H17FN6O3S/c1-12-9-10-22-20(23-12)26-31(29,30)16-6-4-15(5-7-16)25-19(28)18-13(2)24-17-8-3-14(21)11-27(17)18/h3-11H,1-2H3,(H,25,28)(H,22,23,26). The van der Waals surface area contributed by atoms with Gasteiger partial charge in [0.15, 0.2) is 0 Å². The summed E-state index contributed by atoms with van der Waals surface area (Å²) in [5, 5.41) is 2.67. The zero-order valence-corrected chi connectivity index (χ0v) is 17.3. The van der Waals surface area contributed by atoms with Crippen molar-refractivity contribution in [2.24, 2.45) is 0 Å². The van der Waals surface area contributed by atoms with Gasteiger partial charge in [0.2, 0.25) is 5.95 Å². The molecule has 1 amide bonds. The van der Waals surface area contributed by atoms with Crippen LogP contribution in [0.15, 0.2) is 59.8 Å². The minimum Gasteiger partial charge on any atom is -0.321 e. The summed E-state index contributed by atoms with van der Waals surface area (Å²) in [7, 11) is -3.90. The second kappa shape index (κ2) is 7.76. The molecule has 0 atom stereocenters. The Morgan fingerprint density at radius 3 is 2.48 bits per heavy atom. The Balaban J connectivity index is 1.54. The number of hydrogen-bond donors (Lipinski definition) is 2. The highest BCUT2D eigenvalue weighted by molar-refractivity contribution is 7.92. The number of aromatic nitrogens is 4. The average Bonchev–Trinajstić information content (AvgIpc) is 3.03. The first-order valence-corrected chi connectivity index (χ1v) is 10.6. The molecule has 0 fully saturated rings. The van der Waals surface area contributed by atoms with E-state index >= 15 is 0 Å². The van der Waals surface area contributed by atoms with Gasteiger partial charge in [0.25, 0.3) is 15.9 Å². The first-order chi connectivity index (χ1) is 14.7. The smallest absolute Gasteiger partial charge is 0.274 e. The van der Waals surface area contributed by atoms with Crippen LogP contribution >= 0.6 is 0 Å². The summed E-state index contributed by atoms with van der Waals surface area (Å²) in [6.07, 6.45) is 2.63. The molecule has 158 valence electrons. The first kappa shape index (κ1) is 20.4. The molecular weight excluding hydrogens is 423 g/mol. The number of hydrogen-bond acceptors (Lipinski definition) is 6. The maximum absolute atomic E-state index is 13.6. The van der Waals surface area contributed by atoms with Crippen molar-refractivity contribution >= 4 is 33.2 Å². The summed E-state index contributed by atoms with van der Waals surface area (Å²) < 4.78 is 42.3. The molecule has 31 heavy (non-hydrogen) atoms. The Morgan fingerprint density at radius 1 is 1.03 bits per heavy atom. The highest BCUT2D eigenvalue weighted by atomic mass is 32.2. The molecule has 0 saturated heterocycles. The molecule has 0 unspecified atom stereocenters. The molecule has 2 N–H and O–H groups in total. The Bertz CT molecular complexity index is 1400. The van der Waals surface area contributed by atoms with E-state index in [2.05, 4.69) is 25.0 Å². The number of carbonyl (C=O) groups is 1. The fourth-order valence-corrected chi connectivity index (χ4v) is 3.95. The number of anilines is 2. The second-order valence-electron chi connectivity index (χ2n) is 6.73. The van der Waals surface area contributed by atoms with Crippen LogP contribution in [0.5, 0.6) is 0 Å². The molecule has 9 nitrogen and oxygen atoms in total. The average molecular weight is 440 g/mol. The summed E-state index contributed by atoms with van der Waals surface area (Å²) in [6, 6.07) is 9.96. The zero-order chi connectivity index (χ0) is 22.2. The molecule has 0 spiro atoms. The summed E-state index contributed by atoms with van der Waals surface area (Å²) in [5.41, 5.74) is 2.04. The van der Waals surface area contributed by atoms with Crippen LogP contribution in [-0.2, 0) is 10.0 Å². The summed E-state index contributed by atoms with van der Waals surface area (Å²) >= 11 is 0. The summed E-state index contributed by atoms with van der Waals surface area (Å²) in [5.74, 6) is -1.04. The minimum absolute atomic E-state index is 0.0244. The lowest BCUT2D eigenvalue weighted by molar-refractivity contribution is 0.102. The predicted molar refractivity (Wildman–Crippen MR) is 112 cm³/mol. The number of halogens is 1. The Hall–Kier alpha value is -3.86. The third-order valence-electron chi connectivity index (χ3n) is 4.41. The van der Waals surface area contributed by atoms with Crippen LogP contribution in [-0.4, -0.2) is 33.7 Å². The van der Waals surface area contributed by atoms with E-state index in [1.807, 2.05) is 0 Å². The third kappa shape index (κ3) is 4.21. The van der Waals surface area contributed by atoms with Gasteiger partial charge in [-0.05, 0) is 56.3 Å². The number of pyridine rings is 1. The molecular formula is C20H17FN6O3S. The van der Waals surface area contributed by atoms with Crippen molar-refractivity contribution < 1.29 is 17.6 Å². The Labute approximate surface area is 177 Å². The molecule has 0 aliphatic heterocycles. The highest BCUT2D eigenvalue weighted by Gasteiger charge is 2.19. The van der Waals surface area contributed by atoms with Gasteiger partial charge in [0, 0.05) is 23.8 Å². The van der Waals surface area contributed by atoms with E-state index < -0.39 is 21.7 Å². The van der Waals surface area contributed by atoms with Crippen molar-refractivity contribution in [1.82, 2.24) is 19.4 Å².